The molecule has 0 bridgehead atoms. The van der Waals surface area contributed by atoms with Crippen molar-refractivity contribution in [2.45, 2.75) is 38.5 Å². The third kappa shape index (κ3) is 3.47. The first-order valence-corrected chi connectivity index (χ1v) is 9.55. The topological polar surface area (TPSA) is 46.5 Å². The van der Waals surface area contributed by atoms with E-state index in [0.29, 0.717) is 12.3 Å². The van der Waals surface area contributed by atoms with Gasteiger partial charge in [-0.25, -0.2) is 0 Å². The fourth-order valence-corrected chi connectivity index (χ4v) is 4.38. The molecule has 26 heavy (non-hydrogen) atoms. The van der Waals surface area contributed by atoms with Crippen LogP contribution in [0.1, 0.15) is 42.7 Å². The minimum absolute atomic E-state index is 0.428. The standard InChI is InChI=1S/C22H24O3S/c1-14(2)15-5-7-17(8-6-15)22(3,21(23)24)13-19-12-16-11-18(25-4)9-10-20(16)26-19/h5-12,14H,13H2,1-4H3,(H,23,24). The molecule has 1 heterocycles. The highest BCUT2D eigenvalue weighted by atomic mass is 32.1. The van der Waals surface area contributed by atoms with E-state index in [1.807, 2.05) is 49.4 Å². The first-order chi connectivity index (χ1) is 12.3. The first-order valence-electron chi connectivity index (χ1n) is 8.74. The molecular weight excluding hydrogens is 344 g/mol. The van der Waals surface area contributed by atoms with Gasteiger partial charge in [-0.15, -0.1) is 11.3 Å². The molecule has 4 heteroatoms. The largest absolute Gasteiger partial charge is 0.497 e. The summed E-state index contributed by atoms with van der Waals surface area (Å²) in [4.78, 5) is 13.2. The molecule has 3 nitrogen and oxygen atoms in total. The maximum Gasteiger partial charge on any atom is 0.314 e. The molecule has 1 unspecified atom stereocenters. The fraction of sp³-hybridized carbons (Fsp3) is 0.318. The summed E-state index contributed by atoms with van der Waals surface area (Å²) in [7, 11) is 1.65. The maximum absolute atomic E-state index is 12.1. The molecule has 0 aliphatic rings. The van der Waals surface area contributed by atoms with Crippen LogP contribution in [0, 0.1) is 0 Å². The Morgan fingerprint density at radius 1 is 1.15 bits per heavy atom. The van der Waals surface area contributed by atoms with Gasteiger partial charge in [-0.1, -0.05) is 38.1 Å². The van der Waals surface area contributed by atoms with Crippen molar-refractivity contribution < 1.29 is 14.6 Å². The molecule has 136 valence electrons. The number of carboxylic acids is 1. The summed E-state index contributed by atoms with van der Waals surface area (Å²) >= 11 is 1.64. The average Bonchev–Trinajstić information content (AvgIpc) is 3.02. The number of thiophene rings is 1. The Labute approximate surface area is 158 Å². The molecule has 1 atom stereocenters. The zero-order chi connectivity index (χ0) is 18.9. The molecule has 3 aromatic rings. The van der Waals surface area contributed by atoms with E-state index in [0.717, 1.165) is 26.3 Å². The normalized spacial score (nSPS) is 13.7. The van der Waals surface area contributed by atoms with Crippen molar-refractivity contribution in [2.75, 3.05) is 7.11 Å². The van der Waals surface area contributed by atoms with Gasteiger partial charge in [-0.05, 0) is 53.6 Å². The second-order valence-electron chi connectivity index (χ2n) is 7.21. The lowest BCUT2D eigenvalue weighted by atomic mass is 9.78. The van der Waals surface area contributed by atoms with Gasteiger partial charge in [0.1, 0.15) is 5.75 Å². The molecule has 0 fully saturated rings. The summed E-state index contributed by atoms with van der Waals surface area (Å²) in [5.41, 5.74) is 1.10. The molecule has 1 N–H and O–H groups in total. The Morgan fingerprint density at radius 3 is 2.42 bits per heavy atom. The highest BCUT2D eigenvalue weighted by Crippen LogP contribution is 2.35. The summed E-state index contributed by atoms with van der Waals surface area (Å²) in [5, 5.41) is 11.1. The van der Waals surface area contributed by atoms with Crippen molar-refractivity contribution in [3.05, 3.63) is 64.5 Å². The molecule has 0 aliphatic heterocycles. The molecule has 0 aliphatic carbocycles. The second kappa shape index (κ2) is 7.12. The van der Waals surface area contributed by atoms with Crippen molar-refractivity contribution in [3.8, 4) is 5.75 Å². The molecule has 0 saturated heterocycles. The van der Waals surface area contributed by atoms with Crippen molar-refractivity contribution in [1.29, 1.82) is 0 Å². The molecule has 0 saturated carbocycles. The number of fused-ring (bicyclic) bond motifs is 1. The highest BCUT2D eigenvalue weighted by Gasteiger charge is 2.36. The van der Waals surface area contributed by atoms with E-state index < -0.39 is 11.4 Å². The molecule has 3 rings (SSSR count). The third-order valence-corrected chi connectivity index (χ3v) is 6.10. The van der Waals surface area contributed by atoms with Crippen LogP contribution >= 0.6 is 11.3 Å². The molecule has 1 aromatic heterocycles. The van der Waals surface area contributed by atoms with Gasteiger partial charge < -0.3 is 9.84 Å². The predicted octanol–water partition coefficient (Wildman–Crippen LogP) is 5.62. The molecule has 2 aromatic carbocycles. The van der Waals surface area contributed by atoms with E-state index in [2.05, 4.69) is 19.9 Å². The Balaban J connectivity index is 1.96. The maximum atomic E-state index is 12.1. The zero-order valence-corrected chi connectivity index (χ0v) is 16.4. The average molecular weight is 368 g/mol. The van der Waals surface area contributed by atoms with E-state index >= 15 is 0 Å². The lowest BCUT2D eigenvalue weighted by molar-refractivity contribution is -0.143. The number of methoxy groups -OCH3 is 1. The summed E-state index contributed by atoms with van der Waals surface area (Å²) in [6.07, 6.45) is 0.463. The summed E-state index contributed by atoms with van der Waals surface area (Å²) in [6, 6.07) is 16.0. The van der Waals surface area contributed by atoms with Crippen LogP contribution in [0.15, 0.2) is 48.5 Å². The van der Waals surface area contributed by atoms with E-state index in [4.69, 9.17) is 4.74 Å². The Morgan fingerprint density at radius 2 is 1.85 bits per heavy atom. The minimum Gasteiger partial charge on any atom is -0.497 e. The predicted molar refractivity (Wildman–Crippen MR) is 108 cm³/mol. The number of benzene rings is 2. The van der Waals surface area contributed by atoms with E-state index in [9.17, 15) is 9.90 Å². The highest BCUT2D eigenvalue weighted by molar-refractivity contribution is 7.19. The van der Waals surface area contributed by atoms with Crippen LogP contribution in [0.5, 0.6) is 5.75 Å². The molecule has 0 amide bonds. The second-order valence-corrected chi connectivity index (χ2v) is 8.38. The molecule has 0 spiro atoms. The van der Waals surface area contributed by atoms with Crippen LogP contribution in [0.4, 0.5) is 0 Å². The van der Waals surface area contributed by atoms with Crippen LogP contribution in [0.2, 0.25) is 0 Å². The quantitative estimate of drug-likeness (QED) is 0.614. The van der Waals surface area contributed by atoms with Gasteiger partial charge in [-0.3, -0.25) is 4.79 Å². The minimum atomic E-state index is -0.958. The first kappa shape index (κ1) is 18.5. The van der Waals surface area contributed by atoms with E-state index in [1.165, 1.54) is 5.56 Å². The smallest absolute Gasteiger partial charge is 0.314 e. The van der Waals surface area contributed by atoms with Crippen molar-refractivity contribution in [3.63, 3.8) is 0 Å². The van der Waals surface area contributed by atoms with E-state index in [-0.39, 0.29) is 0 Å². The molecule has 0 radical (unpaired) electrons. The Bertz CT molecular complexity index is 924. The van der Waals surface area contributed by atoms with Crippen LogP contribution in [-0.2, 0) is 16.6 Å². The number of hydrogen-bond acceptors (Lipinski definition) is 3. The molecular formula is C22H24O3S. The number of hydrogen-bond donors (Lipinski definition) is 1. The lowest BCUT2D eigenvalue weighted by Gasteiger charge is -2.25. The van der Waals surface area contributed by atoms with Crippen LogP contribution in [-0.4, -0.2) is 18.2 Å². The monoisotopic (exact) mass is 368 g/mol. The van der Waals surface area contributed by atoms with Gasteiger partial charge in [0.25, 0.3) is 0 Å². The van der Waals surface area contributed by atoms with Crippen molar-refractivity contribution >= 4 is 27.4 Å². The van der Waals surface area contributed by atoms with Gasteiger partial charge in [0.15, 0.2) is 0 Å². The number of aliphatic carboxylic acids is 1. The van der Waals surface area contributed by atoms with Gasteiger partial charge in [0, 0.05) is 16.0 Å². The number of carboxylic acid groups (broad SMARTS) is 1. The number of rotatable bonds is 6. The van der Waals surface area contributed by atoms with Gasteiger partial charge in [0.2, 0.25) is 0 Å². The van der Waals surface area contributed by atoms with Crippen LogP contribution in [0.25, 0.3) is 10.1 Å². The van der Waals surface area contributed by atoms with Gasteiger partial charge in [0.05, 0.1) is 12.5 Å². The third-order valence-electron chi connectivity index (χ3n) is 4.99. The van der Waals surface area contributed by atoms with E-state index in [1.54, 1.807) is 18.4 Å². The van der Waals surface area contributed by atoms with Crippen LogP contribution in [0.3, 0.4) is 0 Å². The SMILES string of the molecule is COc1ccc2sc(CC(C)(C(=O)O)c3ccc(C(C)C)cc3)cc2c1. The Kier molecular flexibility index (Phi) is 5.05. The summed E-state index contributed by atoms with van der Waals surface area (Å²) in [6.45, 7) is 6.08. The number of carbonyl (C=O) groups is 1. The Hall–Kier alpha value is -2.33. The zero-order valence-electron chi connectivity index (χ0n) is 15.6. The number of ether oxygens (including phenoxy) is 1. The summed E-state index contributed by atoms with van der Waals surface area (Å²) < 4.78 is 6.42. The van der Waals surface area contributed by atoms with Crippen molar-refractivity contribution in [2.24, 2.45) is 0 Å². The van der Waals surface area contributed by atoms with Crippen LogP contribution < -0.4 is 4.74 Å². The fourth-order valence-electron chi connectivity index (χ4n) is 3.18. The van der Waals surface area contributed by atoms with Gasteiger partial charge >= 0.3 is 5.97 Å². The summed E-state index contributed by atoms with van der Waals surface area (Å²) in [5.74, 6) is 0.440. The lowest BCUT2D eigenvalue weighted by Crippen LogP contribution is -2.34. The van der Waals surface area contributed by atoms with Crippen molar-refractivity contribution in [1.82, 2.24) is 0 Å². The van der Waals surface area contributed by atoms with Gasteiger partial charge in [-0.2, -0.15) is 0 Å².